The van der Waals surface area contributed by atoms with E-state index in [1.807, 2.05) is 13.8 Å². The van der Waals surface area contributed by atoms with Crippen LogP contribution < -0.4 is 10.1 Å². The molecule has 1 aromatic heterocycles. The summed E-state index contributed by atoms with van der Waals surface area (Å²) in [6, 6.07) is 14.4. The molecule has 0 saturated carbocycles. The summed E-state index contributed by atoms with van der Waals surface area (Å²) in [7, 11) is 0. The highest BCUT2D eigenvalue weighted by Crippen LogP contribution is 2.35. The third-order valence-corrected chi connectivity index (χ3v) is 5.11. The molecule has 0 spiro atoms. The van der Waals surface area contributed by atoms with Crippen molar-refractivity contribution in [1.82, 2.24) is 9.97 Å². The fourth-order valence-electron chi connectivity index (χ4n) is 2.76. The first-order valence-corrected chi connectivity index (χ1v) is 10.1. The van der Waals surface area contributed by atoms with Crippen molar-refractivity contribution in [1.29, 1.82) is 10.5 Å². The summed E-state index contributed by atoms with van der Waals surface area (Å²) in [4.78, 5) is 20.1. The van der Waals surface area contributed by atoms with Crippen LogP contribution in [0.15, 0.2) is 47.5 Å². The molecule has 3 rings (SSSR count). The summed E-state index contributed by atoms with van der Waals surface area (Å²) in [5.74, 6) is -0.148. The SMILES string of the molecule is Cc1cc(C#N)cc(C)c1Oc1nc(Nc2ccc(C#N)cc2)ncc1SCC(=O)O. The summed E-state index contributed by atoms with van der Waals surface area (Å²) in [5, 5.41) is 30.1. The highest BCUT2D eigenvalue weighted by molar-refractivity contribution is 8.00. The normalized spacial score (nSPS) is 10.1. The highest BCUT2D eigenvalue weighted by Gasteiger charge is 2.15. The Bertz CT molecular complexity index is 1190. The van der Waals surface area contributed by atoms with Gasteiger partial charge in [0, 0.05) is 11.9 Å². The molecule has 0 aliphatic rings. The molecule has 1 heterocycles. The molecule has 31 heavy (non-hydrogen) atoms. The van der Waals surface area contributed by atoms with Gasteiger partial charge in [0.2, 0.25) is 11.8 Å². The van der Waals surface area contributed by atoms with Gasteiger partial charge in [-0.3, -0.25) is 4.79 Å². The number of aliphatic carboxylic acids is 1. The standard InChI is InChI=1S/C22H17N5O3S/c1-13-7-16(10-24)8-14(2)20(13)30-21-18(31-12-19(28)29)11-25-22(27-21)26-17-5-3-15(9-23)4-6-17/h3-8,11H,12H2,1-2H3,(H,28,29)(H,25,26,27). The Morgan fingerprint density at radius 1 is 1.13 bits per heavy atom. The van der Waals surface area contributed by atoms with Gasteiger partial charge in [-0.15, -0.1) is 11.8 Å². The van der Waals surface area contributed by atoms with E-state index in [9.17, 15) is 4.79 Å². The number of rotatable bonds is 7. The molecule has 2 aromatic carbocycles. The van der Waals surface area contributed by atoms with Crippen molar-refractivity contribution in [2.24, 2.45) is 0 Å². The summed E-state index contributed by atoms with van der Waals surface area (Å²) in [6.07, 6.45) is 1.50. The summed E-state index contributed by atoms with van der Waals surface area (Å²) < 4.78 is 6.06. The van der Waals surface area contributed by atoms with Crippen LogP contribution in [-0.2, 0) is 4.79 Å². The van der Waals surface area contributed by atoms with Crippen molar-refractivity contribution in [3.8, 4) is 23.8 Å². The second-order valence-corrected chi connectivity index (χ2v) is 7.53. The van der Waals surface area contributed by atoms with Crippen molar-refractivity contribution in [3.05, 3.63) is 64.8 Å². The Morgan fingerprint density at radius 2 is 1.77 bits per heavy atom. The van der Waals surface area contributed by atoms with E-state index < -0.39 is 5.97 Å². The maximum absolute atomic E-state index is 11.0. The third-order valence-electron chi connectivity index (χ3n) is 4.13. The number of hydrogen-bond acceptors (Lipinski definition) is 8. The monoisotopic (exact) mass is 431 g/mol. The molecule has 8 nitrogen and oxygen atoms in total. The Kier molecular flexibility index (Phi) is 6.71. The number of benzene rings is 2. The molecule has 0 bridgehead atoms. The fraction of sp³-hybridized carbons (Fsp3) is 0.136. The highest BCUT2D eigenvalue weighted by atomic mass is 32.2. The molecular weight excluding hydrogens is 414 g/mol. The van der Waals surface area contributed by atoms with Crippen LogP contribution in [-0.4, -0.2) is 26.8 Å². The van der Waals surface area contributed by atoms with Crippen LogP contribution in [0.25, 0.3) is 0 Å². The lowest BCUT2D eigenvalue weighted by Crippen LogP contribution is -2.03. The lowest BCUT2D eigenvalue weighted by molar-refractivity contribution is -0.133. The van der Waals surface area contributed by atoms with E-state index in [0.717, 1.165) is 22.9 Å². The summed E-state index contributed by atoms with van der Waals surface area (Å²) in [5.41, 5.74) is 3.25. The van der Waals surface area contributed by atoms with Crippen LogP contribution in [0.4, 0.5) is 11.6 Å². The zero-order valence-electron chi connectivity index (χ0n) is 16.7. The average Bonchev–Trinajstić information content (AvgIpc) is 2.75. The van der Waals surface area contributed by atoms with E-state index in [4.69, 9.17) is 20.4 Å². The number of hydrogen-bond donors (Lipinski definition) is 2. The van der Waals surface area contributed by atoms with Crippen LogP contribution in [0, 0.1) is 36.5 Å². The summed E-state index contributed by atoms with van der Waals surface area (Å²) >= 11 is 1.05. The van der Waals surface area contributed by atoms with Gasteiger partial charge in [0.25, 0.3) is 0 Å². The van der Waals surface area contributed by atoms with Crippen LogP contribution in [0.5, 0.6) is 11.6 Å². The zero-order valence-corrected chi connectivity index (χ0v) is 17.5. The van der Waals surface area contributed by atoms with E-state index in [0.29, 0.717) is 27.5 Å². The van der Waals surface area contributed by atoms with Gasteiger partial charge in [-0.25, -0.2) is 4.98 Å². The van der Waals surface area contributed by atoms with Crippen molar-refractivity contribution in [3.63, 3.8) is 0 Å². The van der Waals surface area contributed by atoms with Crippen LogP contribution in [0.2, 0.25) is 0 Å². The number of aromatic nitrogens is 2. The molecule has 3 aromatic rings. The Hall–Kier alpha value is -4.08. The van der Waals surface area contributed by atoms with Gasteiger partial charge >= 0.3 is 5.97 Å². The van der Waals surface area contributed by atoms with Gasteiger partial charge < -0.3 is 15.2 Å². The van der Waals surface area contributed by atoms with Gasteiger partial charge in [0.05, 0.1) is 33.9 Å². The minimum absolute atomic E-state index is 0.173. The number of carbonyl (C=O) groups is 1. The van der Waals surface area contributed by atoms with Gasteiger partial charge in [0.1, 0.15) is 5.75 Å². The number of nitrogens with one attached hydrogen (secondary N) is 1. The Labute approximate surface area is 183 Å². The number of carboxylic acids is 1. The van der Waals surface area contributed by atoms with Gasteiger partial charge in [0.15, 0.2) is 0 Å². The number of nitriles is 2. The second kappa shape index (κ2) is 9.61. The van der Waals surface area contributed by atoms with Crippen molar-refractivity contribution in [2.75, 3.05) is 11.1 Å². The molecular formula is C22H17N5O3S. The molecule has 0 amide bonds. The van der Waals surface area contributed by atoms with Crippen molar-refractivity contribution >= 4 is 29.4 Å². The quantitative estimate of drug-likeness (QED) is 0.517. The van der Waals surface area contributed by atoms with Crippen LogP contribution >= 0.6 is 11.8 Å². The largest absolute Gasteiger partial charge is 0.481 e. The molecule has 2 N–H and O–H groups in total. The molecule has 0 aliphatic carbocycles. The molecule has 0 atom stereocenters. The maximum atomic E-state index is 11.0. The predicted octanol–water partition coefficient (Wildman–Crippen LogP) is 4.55. The molecule has 0 saturated heterocycles. The van der Waals surface area contributed by atoms with E-state index in [-0.39, 0.29) is 17.6 Å². The zero-order chi connectivity index (χ0) is 22.4. The molecule has 0 fully saturated rings. The van der Waals surface area contributed by atoms with E-state index in [2.05, 4.69) is 27.4 Å². The minimum atomic E-state index is -0.971. The third kappa shape index (κ3) is 5.50. The lowest BCUT2D eigenvalue weighted by atomic mass is 10.1. The van der Waals surface area contributed by atoms with E-state index in [1.165, 1.54) is 6.20 Å². The molecule has 154 valence electrons. The molecule has 0 unspecified atom stereocenters. The number of nitrogens with zero attached hydrogens (tertiary/aromatic N) is 4. The first-order chi connectivity index (χ1) is 14.9. The number of thioether (sulfide) groups is 1. The fourth-order valence-corrected chi connectivity index (χ4v) is 3.37. The van der Waals surface area contributed by atoms with Crippen molar-refractivity contribution < 1.29 is 14.6 Å². The maximum Gasteiger partial charge on any atom is 0.313 e. The lowest BCUT2D eigenvalue weighted by Gasteiger charge is -2.15. The number of aryl methyl sites for hydroxylation is 2. The summed E-state index contributed by atoms with van der Waals surface area (Å²) in [6.45, 7) is 3.65. The van der Waals surface area contributed by atoms with E-state index in [1.54, 1.807) is 36.4 Å². The van der Waals surface area contributed by atoms with Gasteiger partial charge in [-0.1, -0.05) is 0 Å². The van der Waals surface area contributed by atoms with Gasteiger partial charge in [-0.2, -0.15) is 15.5 Å². The molecule has 9 heteroatoms. The topological polar surface area (TPSA) is 132 Å². The van der Waals surface area contributed by atoms with E-state index >= 15 is 0 Å². The smallest absolute Gasteiger partial charge is 0.313 e. The van der Waals surface area contributed by atoms with Crippen LogP contribution in [0.3, 0.4) is 0 Å². The Morgan fingerprint density at radius 3 is 2.35 bits per heavy atom. The van der Waals surface area contributed by atoms with Crippen LogP contribution in [0.1, 0.15) is 22.3 Å². The first kappa shape index (κ1) is 21.6. The average molecular weight is 431 g/mol. The van der Waals surface area contributed by atoms with Gasteiger partial charge in [-0.05, 0) is 61.4 Å². The number of anilines is 2. The minimum Gasteiger partial charge on any atom is -0.481 e. The second-order valence-electron chi connectivity index (χ2n) is 6.51. The number of carboxylic acid groups (broad SMARTS) is 1. The molecule has 0 aliphatic heterocycles. The predicted molar refractivity (Wildman–Crippen MR) is 116 cm³/mol. The Balaban J connectivity index is 1.95. The van der Waals surface area contributed by atoms with Crippen molar-refractivity contribution in [2.45, 2.75) is 18.7 Å². The number of ether oxygens (including phenoxy) is 1. The molecule has 0 radical (unpaired) electrons. The first-order valence-electron chi connectivity index (χ1n) is 9.07.